The molecule has 0 fully saturated rings. The number of rotatable bonds is 5. The van der Waals surface area contributed by atoms with Gasteiger partial charge in [0.25, 0.3) is 0 Å². The van der Waals surface area contributed by atoms with Crippen molar-refractivity contribution in [1.82, 2.24) is 10.3 Å². The minimum atomic E-state index is -0.227. The number of aryl methyl sites for hydroxylation is 1. The number of halogens is 1. The summed E-state index contributed by atoms with van der Waals surface area (Å²) in [5.74, 6) is -0.279. The Kier molecular flexibility index (Phi) is 4.63. The molecule has 0 spiro atoms. The van der Waals surface area contributed by atoms with E-state index in [2.05, 4.69) is 10.3 Å². The van der Waals surface area contributed by atoms with Gasteiger partial charge in [-0.25, -0.2) is 9.37 Å². The number of amides is 1. The summed E-state index contributed by atoms with van der Waals surface area (Å²) < 4.78 is 13.4. The molecule has 3 nitrogen and oxygen atoms in total. The number of nitrogens with one attached hydrogen (secondary N) is 1. The van der Waals surface area contributed by atoms with Crippen LogP contribution in [0.2, 0.25) is 0 Å². The number of hydrogen-bond acceptors (Lipinski definition) is 3. The SMILES string of the molecule is Cc1ncsc1CC(=O)NCCc1ccccc1F. The Morgan fingerprint density at radius 2 is 2.21 bits per heavy atom. The fourth-order valence-corrected chi connectivity index (χ4v) is 2.52. The maximum atomic E-state index is 13.4. The predicted molar refractivity (Wildman–Crippen MR) is 73.7 cm³/mol. The van der Waals surface area contributed by atoms with Gasteiger partial charge in [-0.2, -0.15) is 0 Å². The Hall–Kier alpha value is -1.75. The summed E-state index contributed by atoms with van der Waals surface area (Å²) >= 11 is 1.48. The molecule has 0 saturated heterocycles. The van der Waals surface area contributed by atoms with Crippen molar-refractivity contribution >= 4 is 17.2 Å². The lowest BCUT2D eigenvalue weighted by molar-refractivity contribution is -0.120. The molecule has 0 aliphatic rings. The molecule has 2 aromatic rings. The van der Waals surface area contributed by atoms with Crippen molar-refractivity contribution in [2.45, 2.75) is 19.8 Å². The van der Waals surface area contributed by atoms with Crippen molar-refractivity contribution in [1.29, 1.82) is 0 Å². The Labute approximate surface area is 115 Å². The largest absolute Gasteiger partial charge is 0.355 e. The van der Waals surface area contributed by atoms with Crippen LogP contribution in [0.5, 0.6) is 0 Å². The third-order valence-electron chi connectivity index (χ3n) is 2.84. The van der Waals surface area contributed by atoms with Gasteiger partial charge in [-0.05, 0) is 25.0 Å². The first-order chi connectivity index (χ1) is 9.16. The highest BCUT2D eigenvalue weighted by Crippen LogP contribution is 2.12. The van der Waals surface area contributed by atoms with Crippen LogP contribution in [-0.4, -0.2) is 17.4 Å². The molecule has 0 saturated carbocycles. The quantitative estimate of drug-likeness (QED) is 0.913. The maximum Gasteiger partial charge on any atom is 0.225 e. The first kappa shape index (κ1) is 13.7. The molecule has 1 amide bonds. The summed E-state index contributed by atoms with van der Waals surface area (Å²) in [7, 11) is 0. The van der Waals surface area contributed by atoms with Crippen LogP contribution in [0.25, 0.3) is 0 Å². The highest BCUT2D eigenvalue weighted by atomic mass is 32.1. The van der Waals surface area contributed by atoms with E-state index in [1.807, 2.05) is 6.92 Å². The third kappa shape index (κ3) is 3.86. The topological polar surface area (TPSA) is 42.0 Å². The van der Waals surface area contributed by atoms with Crippen molar-refractivity contribution in [3.05, 3.63) is 51.7 Å². The van der Waals surface area contributed by atoms with E-state index in [-0.39, 0.29) is 11.7 Å². The van der Waals surface area contributed by atoms with E-state index in [1.54, 1.807) is 23.7 Å². The highest BCUT2D eigenvalue weighted by molar-refractivity contribution is 7.09. The molecule has 0 radical (unpaired) electrons. The van der Waals surface area contributed by atoms with E-state index in [9.17, 15) is 9.18 Å². The molecular formula is C14H15FN2OS. The fourth-order valence-electron chi connectivity index (χ4n) is 1.74. The predicted octanol–water partition coefficient (Wildman–Crippen LogP) is 2.49. The monoisotopic (exact) mass is 278 g/mol. The molecule has 19 heavy (non-hydrogen) atoms. The average Bonchev–Trinajstić information content (AvgIpc) is 2.77. The number of carbonyl (C=O) groups excluding carboxylic acids is 1. The lowest BCUT2D eigenvalue weighted by Gasteiger charge is -2.05. The molecule has 1 heterocycles. The fraction of sp³-hybridized carbons (Fsp3) is 0.286. The molecular weight excluding hydrogens is 263 g/mol. The van der Waals surface area contributed by atoms with Gasteiger partial charge in [0.05, 0.1) is 17.6 Å². The summed E-state index contributed by atoms with van der Waals surface area (Å²) in [4.78, 5) is 16.8. The molecule has 2 rings (SSSR count). The zero-order valence-electron chi connectivity index (χ0n) is 10.6. The summed E-state index contributed by atoms with van der Waals surface area (Å²) in [6, 6.07) is 6.61. The van der Waals surface area contributed by atoms with Gasteiger partial charge in [0.2, 0.25) is 5.91 Å². The number of aromatic nitrogens is 1. The van der Waals surface area contributed by atoms with Gasteiger partial charge in [0.15, 0.2) is 0 Å². The molecule has 5 heteroatoms. The molecule has 1 N–H and O–H groups in total. The zero-order chi connectivity index (χ0) is 13.7. The van der Waals surface area contributed by atoms with Crippen LogP contribution in [0, 0.1) is 12.7 Å². The van der Waals surface area contributed by atoms with Gasteiger partial charge in [-0.1, -0.05) is 18.2 Å². The Morgan fingerprint density at radius 3 is 2.89 bits per heavy atom. The second-order valence-corrected chi connectivity index (χ2v) is 5.17. The Bertz CT molecular complexity index is 568. The number of carbonyl (C=O) groups is 1. The van der Waals surface area contributed by atoms with E-state index in [1.165, 1.54) is 17.4 Å². The van der Waals surface area contributed by atoms with Crippen molar-refractivity contribution in [2.24, 2.45) is 0 Å². The molecule has 0 aliphatic carbocycles. The summed E-state index contributed by atoms with van der Waals surface area (Å²) in [6.07, 6.45) is 0.841. The number of thiazole rings is 1. The summed E-state index contributed by atoms with van der Waals surface area (Å²) in [5, 5.41) is 2.80. The Morgan fingerprint density at radius 1 is 1.42 bits per heavy atom. The van der Waals surface area contributed by atoms with Crippen molar-refractivity contribution in [3.8, 4) is 0 Å². The number of hydrogen-bond donors (Lipinski definition) is 1. The summed E-state index contributed by atoms with van der Waals surface area (Å²) in [5.41, 5.74) is 3.25. The second kappa shape index (κ2) is 6.43. The zero-order valence-corrected chi connectivity index (χ0v) is 11.5. The highest BCUT2D eigenvalue weighted by Gasteiger charge is 2.08. The second-order valence-electron chi connectivity index (χ2n) is 4.23. The van der Waals surface area contributed by atoms with Crippen LogP contribution >= 0.6 is 11.3 Å². The van der Waals surface area contributed by atoms with Gasteiger partial charge in [-0.3, -0.25) is 4.79 Å². The molecule has 100 valence electrons. The summed E-state index contributed by atoms with van der Waals surface area (Å²) in [6.45, 7) is 2.33. The van der Waals surface area contributed by atoms with Crippen LogP contribution < -0.4 is 5.32 Å². The van der Waals surface area contributed by atoms with Crippen LogP contribution in [0.4, 0.5) is 4.39 Å². The van der Waals surface area contributed by atoms with E-state index < -0.39 is 0 Å². The van der Waals surface area contributed by atoms with Crippen LogP contribution in [0.3, 0.4) is 0 Å². The molecule has 0 bridgehead atoms. The molecule has 0 atom stereocenters. The first-order valence-electron chi connectivity index (χ1n) is 6.06. The Balaban J connectivity index is 1.79. The van der Waals surface area contributed by atoms with Gasteiger partial charge in [-0.15, -0.1) is 11.3 Å². The molecule has 1 aromatic heterocycles. The lowest BCUT2D eigenvalue weighted by atomic mass is 10.1. The maximum absolute atomic E-state index is 13.4. The average molecular weight is 278 g/mol. The van der Waals surface area contributed by atoms with E-state index >= 15 is 0 Å². The standard InChI is InChI=1S/C14H15FN2OS/c1-10-13(19-9-17-10)8-14(18)16-7-6-11-4-2-3-5-12(11)15/h2-5,9H,6-8H2,1H3,(H,16,18). The molecule has 0 aliphatic heterocycles. The van der Waals surface area contributed by atoms with Crippen LogP contribution in [-0.2, 0) is 17.6 Å². The number of benzene rings is 1. The van der Waals surface area contributed by atoms with Gasteiger partial charge >= 0.3 is 0 Å². The molecule has 1 aromatic carbocycles. The number of nitrogens with zero attached hydrogens (tertiary/aromatic N) is 1. The van der Waals surface area contributed by atoms with Crippen molar-refractivity contribution in [2.75, 3.05) is 6.54 Å². The first-order valence-corrected chi connectivity index (χ1v) is 6.94. The van der Waals surface area contributed by atoms with E-state index in [0.717, 1.165) is 10.6 Å². The van der Waals surface area contributed by atoms with Gasteiger partial charge < -0.3 is 5.32 Å². The minimum Gasteiger partial charge on any atom is -0.355 e. The minimum absolute atomic E-state index is 0.0521. The third-order valence-corrected chi connectivity index (χ3v) is 3.78. The van der Waals surface area contributed by atoms with Gasteiger partial charge in [0.1, 0.15) is 5.82 Å². The van der Waals surface area contributed by atoms with Gasteiger partial charge in [0, 0.05) is 11.4 Å². The van der Waals surface area contributed by atoms with E-state index in [4.69, 9.17) is 0 Å². The normalized spacial score (nSPS) is 10.4. The lowest BCUT2D eigenvalue weighted by Crippen LogP contribution is -2.27. The van der Waals surface area contributed by atoms with Crippen LogP contribution in [0.15, 0.2) is 29.8 Å². The van der Waals surface area contributed by atoms with Crippen molar-refractivity contribution in [3.63, 3.8) is 0 Å². The molecule has 0 unspecified atom stereocenters. The van der Waals surface area contributed by atoms with E-state index in [0.29, 0.717) is 24.9 Å². The van der Waals surface area contributed by atoms with Crippen molar-refractivity contribution < 1.29 is 9.18 Å². The smallest absolute Gasteiger partial charge is 0.225 e. The van der Waals surface area contributed by atoms with Crippen LogP contribution in [0.1, 0.15) is 16.1 Å².